The van der Waals surface area contributed by atoms with Crippen LogP contribution in [0.3, 0.4) is 0 Å². The Morgan fingerprint density at radius 3 is 2.93 bits per heavy atom. The molecule has 3 nitrogen and oxygen atoms in total. The first kappa shape index (κ1) is 10.7. The van der Waals surface area contributed by atoms with Crippen molar-refractivity contribution in [1.82, 2.24) is 5.32 Å². The second kappa shape index (κ2) is 4.39. The molecule has 2 rings (SSSR count). The van der Waals surface area contributed by atoms with Gasteiger partial charge in [-0.05, 0) is 37.9 Å². The molecule has 14 heavy (non-hydrogen) atoms. The largest absolute Gasteiger partial charge is 0.389 e. The summed E-state index contributed by atoms with van der Waals surface area (Å²) in [5, 5.41) is 14.2. The van der Waals surface area contributed by atoms with Crippen LogP contribution in [-0.2, 0) is 0 Å². The lowest BCUT2D eigenvalue weighted by Crippen LogP contribution is -2.42. The van der Waals surface area contributed by atoms with Gasteiger partial charge in [-0.15, -0.1) is 11.8 Å². The molecule has 0 spiro atoms. The summed E-state index contributed by atoms with van der Waals surface area (Å²) in [6.45, 7) is 0.721. The van der Waals surface area contributed by atoms with Crippen LogP contribution in [0.15, 0.2) is 0 Å². The number of rotatable bonds is 3. The normalized spacial score (nSPS) is 43.3. The molecule has 2 fully saturated rings. The van der Waals surface area contributed by atoms with Crippen molar-refractivity contribution < 1.29 is 5.11 Å². The fourth-order valence-corrected chi connectivity index (χ4v) is 3.50. The highest BCUT2D eigenvalue weighted by Gasteiger charge is 2.35. The third kappa shape index (κ3) is 2.63. The van der Waals surface area contributed by atoms with Gasteiger partial charge >= 0.3 is 0 Å². The summed E-state index contributed by atoms with van der Waals surface area (Å²) in [4.78, 5) is 0. The Balaban J connectivity index is 1.73. The van der Waals surface area contributed by atoms with E-state index in [1.807, 2.05) is 11.8 Å². The maximum atomic E-state index is 10.2. The van der Waals surface area contributed by atoms with E-state index in [9.17, 15) is 5.11 Å². The van der Waals surface area contributed by atoms with Gasteiger partial charge in [0.1, 0.15) is 0 Å². The molecular weight excluding hydrogens is 196 g/mol. The second-order valence-electron chi connectivity index (χ2n) is 4.61. The van der Waals surface area contributed by atoms with E-state index in [0.717, 1.165) is 25.8 Å². The van der Waals surface area contributed by atoms with Crippen LogP contribution in [0.1, 0.15) is 32.1 Å². The number of hydrogen-bond acceptors (Lipinski definition) is 4. The average molecular weight is 216 g/mol. The summed E-state index contributed by atoms with van der Waals surface area (Å²) in [6, 6.07) is 0.207. The fourth-order valence-electron chi connectivity index (χ4n) is 2.35. The number of nitrogens with two attached hydrogens (primary N) is 1. The van der Waals surface area contributed by atoms with E-state index in [1.165, 1.54) is 18.6 Å². The van der Waals surface area contributed by atoms with Crippen molar-refractivity contribution in [1.29, 1.82) is 0 Å². The summed E-state index contributed by atoms with van der Waals surface area (Å²) >= 11 is 1.97. The third-order valence-corrected chi connectivity index (χ3v) is 4.54. The smallest absolute Gasteiger partial charge is 0.0787 e. The van der Waals surface area contributed by atoms with Gasteiger partial charge < -0.3 is 16.2 Å². The van der Waals surface area contributed by atoms with Crippen LogP contribution >= 0.6 is 11.8 Å². The van der Waals surface area contributed by atoms with Crippen LogP contribution in [0.4, 0.5) is 0 Å². The second-order valence-corrected chi connectivity index (χ2v) is 5.92. The van der Waals surface area contributed by atoms with Gasteiger partial charge in [-0.3, -0.25) is 0 Å². The summed E-state index contributed by atoms with van der Waals surface area (Å²) in [5.41, 5.74) is 5.28. The molecule has 0 aromatic carbocycles. The predicted molar refractivity (Wildman–Crippen MR) is 60.3 cm³/mol. The van der Waals surface area contributed by atoms with E-state index in [1.54, 1.807) is 0 Å². The SMILES string of the molecule is NC1CCC(O)(CNC2CCCS2)C1. The summed E-state index contributed by atoms with van der Waals surface area (Å²) in [6.07, 6.45) is 5.14. The fraction of sp³-hybridized carbons (Fsp3) is 1.00. The molecule has 4 heteroatoms. The molecule has 3 atom stereocenters. The van der Waals surface area contributed by atoms with Crippen molar-refractivity contribution in [2.45, 2.75) is 49.1 Å². The van der Waals surface area contributed by atoms with Crippen molar-refractivity contribution in [3.05, 3.63) is 0 Å². The van der Waals surface area contributed by atoms with Gasteiger partial charge in [-0.2, -0.15) is 0 Å². The number of nitrogens with one attached hydrogen (secondary N) is 1. The minimum Gasteiger partial charge on any atom is -0.389 e. The first-order valence-corrected chi connectivity index (χ1v) is 6.56. The lowest BCUT2D eigenvalue weighted by molar-refractivity contribution is 0.0459. The van der Waals surface area contributed by atoms with Gasteiger partial charge in [-0.25, -0.2) is 0 Å². The zero-order valence-electron chi connectivity index (χ0n) is 8.54. The number of aliphatic hydroxyl groups is 1. The van der Waals surface area contributed by atoms with Crippen LogP contribution in [0.25, 0.3) is 0 Å². The molecule has 2 aliphatic rings. The van der Waals surface area contributed by atoms with Gasteiger partial charge in [-0.1, -0.05) is 0 Å². The van der Waals surface area contributed by atoms with E-state index in [0.29, 0.717) is 5.37 Å². The Morgan fingerprint density at radius 1 is 1.50 bits per heavy atom. The molecular formula is C10H20N2OS. The molecule has 0 aromatic heterocycles. The van der Waals surface area contributed by atoms with Gasteiger partial charge in [0, 0.05) is 12.6 Å². The summed E-state index contributed by atoms with van der Waals surface area (Å²) in [7, 11) is 0. The summed E-state index contributed by atoms with van der Waals surface area (Å²) < 4.78 is 0. The molecule has 0 radical (unpaired) electrons. The molecule has 3 unspecified atom stereocenters. The number of thioether (sulfide) groups is 1. The zero-order valence-corrected chi connectivity index (χ0v) is 9.35. The van der Waals surface area contributed by atoms with E-state index < -0.39 is 5.60 Å². The van der Waals surface area contributed by atoms with Crippen LogP contribution < -0.4 is 11.1 Å². The maximum absolute atomic E-state index is 10.2. The van der Waals surface area contributed by atoms with E-state index in [-0.39, 0.29) is 6.04 Å². The molecule has 0 aromatic rings. The topological polar surface area (TPSA) is 58.3 Å². The maximum Gasteiger partial charge on any atom is 0.0787 e. The van der Waals surface area contributed by atoms with Crippen LogP contribution in [0.5, 0.6) is 0 Å². The Labute approximate surface area is 89.8 Å². The van der Waals surface area contributed by atoms with Gasteiger partial charge in [0.25, 0.3) is 0 Å². The van der Waals surface area contributed by atoms with E-state index in [4.69, 9.17) is 5.73 Å². The van der Waals surface area contributed by atoms with Crippen molar-refractivity contribution in [3.63, 3.8) is 0 Å². The Hall–Kier alpha value is 0.230. The first-order valence-electron chi connectivity index (χ1n) is 5.51. The lowest BCUT2D eigenvalue weighted by Gasteiger charge is -2.24. The Kier molecular flexibility index (Phi) is 3.37. The average Bonchev–Trinajstić information content (AvgIpc) is 2.73. The molecule has 1 heterocycles. The first-order chi connectivity index (χ1) is 6.68. The molecule has 1 saturated heterocycles. The minimum atomic E-state index is -0.525. The van der Waals surface area contributed by atoms with E-state index in [2.05, 4.69) is 5.32 Å². The number of hydrogen-bond donors (Lipinski definition) is 3. The van der Waals surface area contributed by atoms with Crippen molar-refractivity contribution in [3.8, 4) is 0 Å². The third-order valence-electron chi connectivity index (χ3n) is 3.21. The molecule has 82 valence electrons. The Morgan fingerprint density at radius 2 is 2.36 bits per heavy atom. The van der Waals surface area contributed by atoms with Crippen molar-refractivity contribution in [2.24, 2.45) is 5.73 Å². The molecule has 1 aliphatic heterocycles. The quantitative estimate of drug-likeness (QED) is 0.649. The van der Waals surface area contributed by atoms with Gasteiger partial charge in [0.15, 0.2) is 0 Å². The summed E-state index contributed by atoms with van der Waals surface area (Å²) in [5.74, 6) is 1.26. The van der Waals surface area contributed by atoms with Crippen LogP contribution in [0.2, 0.25) is 0 Å². The van der Waals surface area contributed by atoms with Crippen molar-refractivity contribution >= 4 is 11.8 Å². The van der Waals surface area contributed by atoms with Crippen molar-refractivity contribution in [2.75, 3.05) is 12.3 Å². The van der Waals surface area contributed by atoms with E-state index >= 15 is 0 Å². The predicted octanol–water partition coefficient (Wildman–Crippen LogP) is 0.671. The molecule has 0 amide bonds. The van der Waals surface area contributed by atoms with Gasteiger partial charge in [0.2, 0.25) is 0 Å². The highest BCUT2D eigenvalue weighted by Crippen LogP contribution is 2.30. The monoisotopic (exact) mass is 216 g/mol. The van der Waals surface area contributed by atoms with Crippen LogP contribution in [-0.4, -0.2) is 34.4 Å². The standard InChI is InChI=1S/C10H20N2OS/c11-8-3-4-10(13,6-8)7-12-9-2-1-5-14-9/h8-9,12-13H,1-7,11H2. The highest BCUT2D eigenvalue weighted by molar-refractivity contribution is 8.00. The molecule has 1 aliphatic carbocycles. The van der Waals surface area contributed by atoms with Gasteiger partial charge in [0.05, 0.1) is 11.0 Å². The lowest BCUT2D eigenvalue weighted by atomic mass is 10.0. The highest BCUT2D eigenvalue weighted by atomic mass is 32.2. The minimum absolute atomic E-state index is 0.207. The molecule has 4 N–H and O–H groups in total. The molecule has 0 bridgehead atoms. The zero-order chi connectivity index (χ0) is 10.0. The molecule has 1 saturated carbocycles. The van der Waals surface area contributed by atoms with Crippen LogP contribution in [0, 0.1) is 0 Å². The Bertz CT molecular complexity index is 197.